The van der Waals surface area contributed by atoms with Crippen LogP contribution in [0.4, 0.5) is 21.9 Å². The van der Waals surface area contributed by atoms with Gasteiger partial charge in [-0.25, -0.2) is 4.79 Å². The van der Waals surface area contributed by atoms with E-state index in [1.54, 1.807) is 6.92 Å². The van der Waals surface area contributed by atoms with E-state index in [0.29, 0.717) is 17.1 Å². The van der Waals surface area contributed by atoms with Crippen molar-refractivity contribution in [3.8, 4) is 11.5 Å². The molecule has 1 unspecified atom stereocenters. The summed E-state index contributed by atoms with van der Waals surface area (Å²) >= 11 is 0. The molecule has 3 aromatic carbocycles. The quantitative estimate of drug-likeness (QED) is 0.460. The number of nitrogens with one attached hydrogen (secondary N) is 2. The highest BCUT2D eigenvalue weighted by molar-refractivity contribution is 5.99. The first-order valence-electron chi connectivity index (χ1n) is 11.9. The van der Waals surface area contributed by atoms with Crippen molar-refractivity contribution in [1.29, 1.82) is 0 Å². The van der Waals surface area contributed by atoms with E-state index in [1.807, 2.05) is 78.7 Å². The lowest BCUT2D eigenvalue weighted by Crippen LogP contribution is -2.37. The van der Waals surface area contributed by atoms with Gasteiger partial charge in [-0.05, 0) is 79.1 Å². The summed E-state index contributed by atoms with van der Waals surface area (Å²) in [5, 5.41) is 5.71. The maximum Gasteiger partial charge on any atom is 0.323 e. The molecule has 2 N–H and O–H groups in total. The third-order valence-electron chi connectivity index (χ3n) is 6.35. The summed E-state index contributed by atoms with van der Waals surface area (Å²) in [5.41, 5.74) is 3.68. The van der Waals surface area contributed by atoms with Gasteiger partial charge in [0.15, 0.2) is 0 Å². The van der Waals surface area contributed by atoms with Crippen LogP contribution in [0.15, 0.2) is 72.8 Å². The van der Waals surface area contributed by atoms with Crippen LogP contribution in [0.5, 0.6) is 11.5 Å². The molecule has 1 heterocycles. The third-order valence-corrected chi connectivity index (χ3v) is 6.35. The molecular weight excluding hydrogens is 440 g/mol. The van der Waals surface area contributed by atoms with Crippen LogP contribution in [0.1, 0.15) is 25.8 Å². The van der Waals surface area contributed by atoms with E-state index in [2.05, 4.69) is 28.5 Å². The van der Waals surface area contributed by atoms with Crippen LogP contribution < -0.4 is 20.3 Å². The molecular formula is C28H32N4O3. The van der Waals surface area contributed by atoms with Gasteiger partial charge in [0.05, 0.1) is 6.04 Å². The molecule has 1 atom stereocenters. The lowest BCUT2D eigenvalue weighted by molar-refractivity contribution is -0.129. The van der Waals surface area contributed by atoms with Crippen molar-refractivity contribution < 1.29 is 14.3 Å². The number of carbonyl (C=O) groups is 2. The van der Waals surface area contributed by atoms with E-state index in [-0.39, 0.29) is 18.0 Å². The molecule has 1 aliphatic heterocycles. The average molecular weight is 473 g/mol. The smallest absolute Gasteiger partial charge is 0.323 e. The topological polar surface area (TPSA) is 73.9 Å². The number of aryl methyl sites for hydroxylation is 1. The van der Waals surface area contributed by atoms with Crippen LogP contribution in [-0.4, -0.2) is 43.0 Å². The average Bonchev–Trinajstić information content (AvgIpc) is 3.35. The molecule has 4 rings (SSSR count). The van der Waals surface area contributed by atoms with Crippen molar-refractivity contribution in [2.45, 2.75) is 32.7 Å². The Balaban J connectivity index is 1.28. The van der Waals surface area contributed by atoms with Gasteiger partial charge in [0.1, 0.15) is 11.5 Å². The molecule has 1 fully saturated rings. The monoisotopic (exact) mass is 472 g/mol. The predicted octanol–water partition coefficient (Wildman–Crippen LogP) is 5.74. The highest BCUT2D eigenvalue weighted by Crippen LogP contribution is 2.26. The molecule has 0 aromatic heterocycles. The molecule has 3 aromatic rings. The summed E-state index contributed by atoms with van der Waals surface area (Å²) in [6.45, 7) is 5.42. The first-order valence-corrected chi connectivity index (χ1v) is 11.9. The second kappa shape index (κ2) is 11.0. The van der Waals surface area contributed by atoms with E-state index >= 15 is 0 Å². The van der Waals surface area contributed by atoms with E-state index in [0.717, 1.165) is 37.4 Å². The van der Waals surface area contributed by atoms with Crippen molar-refractivity contribution in [3.05, 3.63) is 78.4 Å². The molecule has 0 aliphatic carbocycles. The normalized spacial score (nSPS) is 14.9. The number of benzene rings is 3. The number of urea groups is 1. The fourth-order valence-corrected chi connectivity index (χ4v) is 4.17. The zero-order valence-corrected chi connectivity index (χ0v) is 20.5. The molecule has 182 valence electrons. The first-order chi connectivity index (χ1) is 16.9. The molecule has 0 radical (unpaired) electrons. The van der Waals surface area contributed by atoms with E-state index in [4.69, 9.17) is 4.74 Å². The minimum absolute atomic E-state index is 0.0892. The van der Waals surface area contributed by atoms with Gasteiger partial charge < -0.3 is 25.2 Å². The largest absolute Gasteiger partial charge is 0.457 e. The highest BCUT2D eigenvalue weighted by Gasteiger charge is 2.27. The van der Waals surface area contributed by atoms with Crippen LogP contribution in [0, 0.1) is 0 Å². The van der Waals surface area contributed by atoms with Gasteiger partial charge in [0.2, 0.25) is 5.91 Å². The molecule has 0 saturated carbocycles. The lowest BCUT2D eigenvalue weighted by Gasteiger charge is -2.24. The number of ether oxygens (including phenoxy) is 1. The van der Waals surface area contributed by atoms with Crippen LogP contribution in [0.2, 0.25) is 0 Å². The summed E-state index contributed by atoms with van der Waals surface area (Å²) in [4.78, 5) is 28.1. The predicted molar refractivity (Wildman–Crippen MR) is 140 cm³/mol. The van der Waals surface area contributed by atoms with Gasteiger partial charge in [-0.15, -0.1) is 0 Å². The van der Waals surface area contributed by atoms with E-state index in [1.165, 1.54) is 5.56 Å². The number of amides is 3. The maximum atomic E-state index is 12.4. The minimum atomic E-state index is -0.314. The second-order valence-electron chi connectivity index (χ2n) is 8.77. The maximum absolute atomic E-state index is 12.4. The van der Waals surface area contributed by atoms with E-state index < -0.39 is 0 Å². The van der Waals surface area contributed by atoms with Crippen molar-refractivity contribution in [2.75, 3.05) is 35.7 Å². The SMILES string of the molecule is CCc1cccc(Oc2ccc(NC(=O)Nc3ccc(N4CCC(N(C)C(C)=O)C4)cc3)cc2)c1. The first kappa shape index (κ1) is 24.1. The van der Waals surface area contributed by atoms with Crippen molar-refractivity contribution in [1.82, 2.24) is 4.90 Å². The summed E-state index contributed by atoms with van der Waals surface area (Å²) in [6, 6.07) is 23.0. The number of carbonyl (C=O) groups excluding carboxylic acids is 2. The van der Waals surface area contributed by atoms with Gasteiger partial charge in [-0.3, -0.25) is 4.79 Å². The number of hydrogen-bond acceptors (Lipinski definition) is 4. The number of nitrogens with zero attached hydrogens (tertiary/aromatic N) is 2. The Hall–Kier alpha value is -4.00. The Morgan fingerprint density at radius 2 is 1.63 bits per heavy atom. The Morgan fingerprint density at radius 1 is 0.971 bits per heavy atom. The van der Waals surface area contributed by atoms with Gasteiger partial charge in [0, 0.05) is 44.1 Å². The zero-order valence-electron chi connectivity index (χ0n) is 20.5. The fourth-order valence-electron chi connectivity index (χ4n) is 4.17. The lowest BCUT2D eigenvalue weighted by atomic mass is 10.2. The Kier molecular flexibility index (Phi) is 7.55. The highest BCUT2D eigenvalue weighted by atomic mass is 16.5. The van der Waals surface area contributed by atoms with Gasteiger partial charge in [-0.2, -0.15) is 0 Å². The Morgan fingerprint density at radius 3 is 2.26 bits per heavy atom. The molecule has 0 bridgehead atoms. The Labute approximate surface area is 206 Å². The minimum Gasteiger partial charge on any atom is -0.457 e. The molecule has 35 heavy (non-hydrogen) atoms. The number of likely N-dealkylation sites (N-methyl/N-ethyl adjacent to an activating group) is 1. The molecule has 1 saturated heterocycles. The summed E-state index contributed by atoms with van der Waals surface area (Å²) in [5.74, 6) is 1.59. The number of rotatable bonds is 7. The molecule has 3 amide bonds. The Bertz CT molecular complexity index is 1160. The van der Waals surface area contributed by atoms with Crippen molar-refractivity contribution >= 4 is 29.0 Å². The standard InChI is InChI=1S/C28H32N4O3/c1-4-21-6-5-7-27(18-21)35-26-14-10-23(11-15-26)30-28(34)29-22-8-12-24(13-9-22)32-17-16-25(19-32)31(3)20(2)33/h5-15,18,25H,4,16-17,19H2,1-3H3,(H2,29,30,34). The van der Waals surface area contributed by atoms with Crippen molar-refractivity contribution in [2.24, 2.45) is 0 Å². The zero-order chi connectivity index (χ0) is 24.8. The number of anilines is 3. The van der Waals surface area contributed by atoms with Gasteiger partial charge in [-0.1, -0.05) is 19.1 Å². The van der Waals surface area contributed by atoms with Crippen LogP contribution in [0.3, 0.4) is 0 Å². The fraction of sp³-hybridized carbons (Fsp3) is 0.286. The number of hydrogen-bond donors (Lipinski definition) is 2. The summed E-state index contributed by atoms with van der Waals surface area (Å²) in [6.07, 6.45) is 1.91. The van der Waals surface area contributed by atoms with Crippen LogP contribution >= 0.6 is 0 Å². The van der Waals surface area contributed by atoms with Crippen molar-refractivity contribution in [3.63, 3.8) is 0 Å². The van der Waals surface area contributed by atoms with Gasteiger partial charge >= 0.3 is 6.03 Å². The van der Waals surface area contributed by atoms with Crippen LogP contribution in [-0.2, 0) is 11.2 Å². The molecule has 0 spiro atoms. The molecule has 1 aliphatic rings. The summed E-state index contributed by atoms with van der Waals surface area (Å²) < 4.78 is 5.91. The third kappa shape index (κ3) is 6.32. The van der Waals surface area contributed by atoms with E-state index in [9.17, 15) is 9.59 Å². The summed E-state index contributed by atoms with van der Waals surface area (Å²) in [7, 11) is 1.86. The second-order valence-corrected chi connectivity index (χ2v) is 8.77. The molecule has 7 heteroatoms. The van der Waals surface area contributed by atoms with Gasteiger partial charge in [0.25, 0.3) is 0 Å². The van der Waals surface area contributed by atoms with Crippen LogP contribution in [0.25, 0.3) is 0 Å². The molecule has 7 nitrogen and oxygen atoms in total.